The molecule has 0 aliphatic carbocycles. The molecule has 1 aromatic carbocycles. The van der Waals surface area contributed by atoms with Gasteiger partial charge in [0.05, 0.1) is 6.04 Å². The summed E-state index contributed by atoms with van der Waals surface area (Å²) in [6.45, 7) is 2.40. The van der Waals surface area contributed by atoms with Gasteiger partial charge in [0.1, 0.15) is 11.6 Å². The molecule has 21 heavy (non-hydrogen) atoms. The Bertz CT molecular complexity index is 575. The minimum atomic E-state index is -4.75. The van der Waals surface area contributed by atoms with Gasteiger partial charge in [0.25, 0.3) is 0 Å². The van der Waals surface area contributed by atoms with E-state index in [0.717, 1.165) is 0 Å². The van der Waals surface area contributed by atoms with E-state index in [4.69, 9.17) is 0 Å². The van der Waals surface area contributed by atoms with Crippen molar-refractivity contribution in [3.8, 4) is 5.75 Å². The van der Waals surface area contributed by atoms with E-state index >= 15 is 0 Å². The predicted molar refractivity (Wildman–Crippen MR) is 70.7 cm³/mol. The molecule has 4 nitrogen and oxygen atoms in total. The fraction of sp³-hybridized carbons (Fsp3) is 0.286. The number of hydrogen-bond donors (Lipinski definition) is 1. The zero-order valence-corrected chi connectivity index (χ0v) is 11.3. The summed E-state index contributed by atoms with van der Waals surface area (Å²) in [5.41, 5.74) is 0.336. The van der Waals surface area contributed by atoms with Crippen LogP contribution in [0.4, 0.5) is 13.2 Å². The fourth-order valence-corrected chi connectivity index (χ4v) is 1.94. The molecular formula is C14H14F3N3O. The number of alkyl halides is 3. The van der Waals surface area contributed by atoms with E-state index in [0.29, 0.717) is 17.9 Å². The van der Waals surface area contributed by atoms with Gasteiger partial charge < -0.3 is 10.1 Å². The first-order valence-electron chi connectivity index (χ1n) is 6.36. The summed E-state index contributed by atoms with van der Waals surface area (Å²) in [4.78, 5) is 8.20. The number of ether oxygens (including phenoxy) is 1. The smallest absolute Gasteiger partial charge is 0.405 e. The molecule has 0 saturated heterocycles. The van der Waals surface area contributed by atoms with Gasteiger partial charge in [-0.1, -0.05) is 25.1 Å². The Morgan fingerprint density at radius 2 is 1.81 bits per heavy atom. The molecule has 7 heteroatoms. The summed E-state index contributed by atoms with van der Waals surface area (Å²) in [7, 11) is 0. The molecule has 0 amide bonds. The highest BCUT2D eigenvalue weighted by atomic mass is 19.4. The molecule has 1 atom stereocenters. The van der Waals surface area contributed by atoms with Crippen LogP contribution in [-0.4, -0.2) is 22.9 Å². The first-order valence-corrected chi connectivity index (χ1v) is 6.36. The lowest BCUT2D eigenvalue weighted by molar-refractivity contribution is -0.275. The predicted octanol–water partition coefficient (Wildman–Crippen LogP) is 3.07. The summed E-state index contributed by atoms with van der Waals surface area (Å²) in [6.07, 6.45) is -1.66. The van der Waals surface area contributed by atoms with E-state index in [1.807, 2.05) is 6.92 Å². The molecule has 1 heterocycles. The van der Waals surface area contributed by atoms with E-state index in [1.54, 1.807) is 30.6 Å². The number of nitrogens with one attached hydrogen (secondary N) is 1. The third kappa shape index (κ3) is 4.16. The number of hydrogen-bond acceptors (Lipinski definition) is 4. The molecule has 0 aliphatic heterocycles. The van der Waals surface area contributed by atoms with E-state index < -0.39 is 12.4 Å². The molecule has 2 aromatic rings. The molecule has 0 aliphatic rings. The minimum Gasteiger partial charge on any atom is -0.405 e. The number of nitrogens with zero attached hydrogens (tertiary/aromatic N) is 2. The topological polar surface area (TPSA) is 47.0 Å². The Kier molecular flexibility index (Phi) is 4.74. The Labute approximate surface area is 120 Å². The van der Waals surface area contributed by atoms with Crippen molar-refractivity contribution in [2.45, 2.75) is 19.3 Å². The van der Waals surface area contributed by atoms with Crippen LogP contribution < -0.4 is 10.1 Å². The summed E-state index contributed by atoms with van der Waals surface area (Å²) in [5, 5.41) is 3.07. The molecule has 2 rings (SSSR count). The van der Waals surface area contributed by atoms with E-state index in [-0.39, 0.29) is 5.75 Å². The molecule has 1 aromatic heterocycles. The van der Waals surface area contributed by atoms with Gasteiger partial charge in [-0.15, -0.1) is 13.2 Å². The minimum absolute atomic E-state index is 0.261. The first kappa shape index (κ1) is 15.2. The lowest BCUT2D eigenvalue weighted by Gasteiger charge is -2.20. The van der Waals surface area contributed by atoms with Crippen LogP contribution in [-0.2, 0) is 0 Å². The molecule has 112 valence electrons. The van der Waals surface area contributed by atoms with Crippen LogP contribution in [0, 0.1) is 0 Å². The molecule has 0 fully saturated rings. The van der Waals surface area contributed by atoms with Gasteiger partial charge in [-0.05, 0) is 18.7 Å². The van der Waals surface area contributed by atoms with Gasteiger partial charge in [-0.3, -0.25) is 0 Å². The number of rotatable bonds is 5. The van der Waals surface area contributed by atoms with Crippen molar-refractivity contribution in [2.24, 2.45) is 0 Å². The standard InChI is InChI=1S/C14H14F3N3O/c1-2-18-12(13-19-8-5-9-20-13)10-6-3-4-7-11(10)21-14(15,16)17/h3-9,12,18H,2H2,1H3. The highest BCUT2D eigenvalue weighted by Gasteiger charge is 2.33. The number of benzene rings is 1. The Morgan fingerprint density at radius 3 is 2.43 bits per heavy atom. The van der Waals surface area contributed by atoms with Crippen molar-refractivity contribution in [1.82, 2.24) is 15.3 Å². The molecular weight excluding hydrogens is 283 g/mol. The second-order valence-electron chi connectivity index (χ2n) is 4.18. The maximum atomic E-state index is 12.5. The second kappa shape index (κ2) is 6.53. The van der Waals surface area contributed by atoms with Crippen LogP contribution in [0.1, 0.15) is 24.4 Å². The van der Waals surface area contributed by atoms with Crippen LogP contribution in [0.2, 0.25) is 0 Å². The van der Waals surface area contributed by atoms with Crippen molar-refractivity contribution >= 4 is 0 Å². The van der Waals surface area contributed by atoms with Gasteiger partial charge in [-0.2, -0.15) is 0 Å². The third-order valence-corrected chi connectivity index (χ3v) is 2.71. The molecule has 0 spiro atoms. The summed E-state index contributed by atoms with van der Waals surface area (Å²) >= 11 is 0. The summed E-state index contributed by atoms with van der Waals surface area (Å²) < 4.78 is 41.6. The van der Waals surface area contributed by atoms with Crippen LogP contribution >= 0.6 is 0 Å². The Balaban J connectivity index is 2.41. The molecule has 1 N–H and O–H groups in total. The lowest BCUT2D eigenvalue weighted by Crippen LogP contribution is -2.26. The van der Waals surface area contributed by atoms with E-state index in [1.165, 1.54) is 12.1 Å². The lowest BCUT2D eigenvalue weighted by atomic mass is 10.0. The van der Waals surface area contributed by atoms with Crippen LogP contribution in [0.25, 0.3) is 0 Å². The Hall–Kier alpha value is -2.15. The maximum absolute atomic E-state index is 12.5. The van der Waals surface area contributed by atoms with Crippen molar-refractivity contribution in [3.63, 3.8) is 0 Å². The molecule has 0 saturated carbocycles. The van der Waals surface area contributed by atoms with Crippen LogP contribution in [0.5, 0.6) is 5.75 Å². The largest absolute Gasteiger partial charge is 0.573 e. The average molecular weight is 297 g/mol. The number of para-hydroxylation sites is 1. The monoisotopic (exact) mass is 297 g/mol. The van der Waals surface area contributed by atoms with Crippen LogP contribution in [0.15, 0.2) is 42.7 Å². The zero-order valence-electron chi connectivity index (χ0n) is 11.3. The molecule has 1 unspecified atom stereocenters. The summed E-state index contributed by atoms with van der Waals surface area (Å²) in [6, 6.07) is 7.03. The van der Waals surface area contributed by atoms with Gasteiger partial charge >= 0.3 is 6.36 Å². The molecule has 0 radical (unpaired) electrons. The first-order chi connectivity index (χ1) is 10.0. The quantitative estimate of drug-likeness (QED) is 0.921. The van der Waals surface area contributed by atoms with E-state index in [9.17, 15) is 13.2 Å². The number of aromatic nitrogens is 2. The Morgan fingerprint density at radius 1 is 1.14 bits per heavy atom. The highest BCUT2D eigenvalue weighted by Crippen LogP contribution is 2.32. The van der Waals surface area contributed by atoms with Crippen molar-refractivity contribution in [2.75, 3.05) is 6.54 Å². The normalized spacial score (nSPS) is 13.0. The summed E-state index contributed by atoms with van der Waals surface area (Å²) in [5.74, 6) is 0.126. The van der Waals surface area contributed by atoms with Crippen molar-refractivity contribution in [1.29, 1.82) is 0 Å². The van der Waals surface area contributed by atoms with Gasteiger partial charge in [0.15, 0.2) is 0 Å². The second-order valence-corrected chi connectivity index (χ2v) is 4.18. The number of halogens is 3. The fourth-order valence-electron chi connectivity index (χ4n) is 1.94. The van der Waals surface area contributed by atoms with Crippen molar-refractivity contribution in [3.05, 3.63) is 54.1 Å². The van der Waals surface area contributed by atoms with Crippen LogP contribution in [0.3, 0.4) is 0 Å². The third-order valence-electron chi connectivity index (χ3n) is 2.71. The zero-order chi connectivity index (χ0) is 15.3. The maximum Gasteiger partial charge on any atom is 0.573 e. The highest BCUT2D eigenvalue weighted by molar-refractivity contribution is 5.39. The van der Waals surface area contributed by atoms with Crippen molar-refractivity contribution < 1.29 is 17.9 Å². The SMILES string of the molecule is CCNC(c1ncccn1)c1ccccc1OC(F)(F)F. The van der Waals surface area contributed by atoms with Gasteiger partial charge in [-0.25, -0.2) is 9.97 Å². The van der Waals surface area contributed by atoms with Gasteiger partial charge in [0, 0.05) is 18.0 Å². The average Bonchev–Trinajstić information content (AvgIpc) is 2.45. The van der Waals surface area contributed by atoms with Gasteiger partial charge in [0.2, 0.25) is 0 Å². The van der Waals surface area contributed by atoms with E-state index in [2.05, 4.69) is 20.0 Å². The molecule has 0 bridgehead atoms.